The summed E-state index contributed by atoms with van der Waals surface area (Å²) in [6, 6.07) is 6.28. The first-order chi connectivity index (χ1) is 13.2. The number of ether oxygens (including phenoxy) is 1. The molecule has 0 aliphatic heterocycles. The highest BCUT2D eigenvalue weighted by molar-refractivity contribution is 6.11. The van der Waals surface area contributed by atoms with Crippen molar-refractivity contribution in [1.82, 2.24) is 9.97 Å². The molecule has 144 valence electrons. The van der Waals surface area contributed by atoms with E-state index < -0.39 is 34.7 Å². The maximum Gasteiger partial charge on any atom is 0.412 e. The molecule has 3 aromatic rings. The summed E-state index contributed by atoms with van der Waals surface area (Å²) in [7, 11) is 0. The van der Waals surface area contributed by atoms with Crippen molar-refractivity contribution in [3.05, 3.63) is 65.5 Å². The molecule has 3 rings (SSSR count). The van der Waals surface area contributed by atoms with Crippen LogP contribution in [0.2, 0.25) is 0 Å². The Kier molecular flexibility index (Phi) is 5.04. The van der Waals surface area contributed by atoms with Crippen LogP contribution in [0, 0.1) is 11.6 Å². The van der Waals surface area contributed by atoms with Gasteiger partial charge in [0.2, 0.25) is 0 Å². The molecule has 1 heterocycles. The maximum absolute atomic E-state index is 14.8. The minimum absolute atomic E-state index is 0.0419. The van der Waals surface area contributed by atoms with Gasteiger partial charge in [0.15, 0.2) is 11.6 Å². The minimum atomic E-state index is -1.19. The van der Waals surface area contributed by atoms with Crippen LogP contribution in [-0.4, -0.2) is 27.4 Å². The van der Waals surface area contributed by atoms with Crippen LogP contribution < -0.4 is 5.32 Å². The number of rotatable bonds is 3. The molecule has 1 amide bonds. The van der Waals surface area contributed by atoms with Gasteiger partial charge >= 0.3 is 6.09 Å². The fraction of sp³-hybridized carbons (Fsp3) is 0.200. The number of ketones is 1. The van der Waals surface area contributed by atoms with Crippen molar-refractivity contribution in [2.45, 2.75) is 26.4 Å². The number of hydrogen-bond donors (Lipinski definition) is 1. The molecule has 1 aromatic heterocycles. The van der Waals surface area contributed by atoms with Gasteiger partial charge in [0.1, 0.15) is 11.4 Å². The zero-order chi connectivity index (χ0) is 20.5. The molecule has 0 unspecified atom stereocenters. The lowest BCUT2D eigenvalue weighted by atomic mass is 10.0. The SMILES string of the molecule is CC(C)(C)OC(=O)Nc1ccc(F)c(C(=O)c2ccc3nccnc3c2)c1F. The third-order valence-corrected chi connectivity index (χ3v) is 3.69. The smallest absolute Gasteiger partial charge is 0.412 e. The minimum Gasteiger partial charge on any atom is -0.444 e. The second-order valence-electron chi connectivity index (χ2n) is 7.00. The molecule has 2 aromatic carbocycles. The Labute approximate surface area is 159 Å². The standard InChI is InChI=1S/C20H17F2N3O3/c1-20(2,3)28-19(27)25-14-7-5-12(21)16(17(14)22)18(26)11-4-6-13-15(10-11)24-9-8-23-13/h4-10H,1-3H3,(H,25,27). The van der Waals surface area contributed by atoms with Gasteiger partial charge in [-0.05, 0) is 51.1 Å². The van der Waals surface area contributed by atoms with Crippen molar-refractivity contribution < 1.29 is 23.1 Å². The quantitative estimate of drug-likeness (QED) is 0.672. The molecule has 28 heavy (non-hydrogen) atoms. The van der Waals surface area contributed by atoms with Crippen LogP contribution in [0.4, 0.5) is 19.3 Å². The van der Waals surface area contributed by atoms with Crippen molar-refractivity contribution in [1.29, 1.82) is 0 Å². The van der Waals surface area contributed by atoms with E-state index >= 15 is 0 Å². The highest BCUT2D eigenvalue weighted by atomic mass is 19.1. The van der Waals surface area contributed by atoms with Gasteiger partial charge < -0.3 is 4.74 Å². The Balaban J connectivity index is 1.96. The van der Waals surface area contributed by atoms with Gasteiger partial charge in [-0.1, -0.05) is 0 Å². The third kappa shape index (κ3) is 4.11. The van der Waals surface area contributed by atoms with Crippen molar-refractivity contribution in [2.75, 3.05) is 5.32 Å². The largest absolute Gasteiger partial charge is 0.444 e. The fourth-order valence-corrected chi connectivity index (χ4v) is 2.52. The van der Waals surface area contributed by atoms with E-state index in [0.717, 1.165) is 12.1 Å². The zero-order valence-electron chi connectivity index (χ0n) is 15.4. The maximum atomic E-state index is 14.8. The number of amides is 1. The predicted octanol–water partition coefficient (Wildman–Crippen LogP) is 4.49. The molecule has 8 heteroatoms. The van der Waals surface area contributed by atoms with Crippen molar-refractivity contribution in [3.63, 3.8) is 0 Å². The summed E-state index contributed by atoms with van der Waals surface area (Å²) in [5, 5.41) is 2.19. The first-order valence-corrected chi connectivity index (χ1v) is 8.39. The van der Waals surface area contributed by atoms with E-state index in [4.69, 9.17) is 4.74 Å². The van der Waals surface area contributed by atoms with Crippen LogP contribution in [0.15, 0.2) is 42.7 Å². The molecule has 0 aliphatic rings. The summed E-state index contributed by atoms with van der Waals surface area (Å²) < 4.78 is 34.1. The molecule has 0 saturated carbocycles. The summed E-state index contributed by atoms with van der Waals surface area (Å²) in [6.07, 6.45) is 2.02. The van der Waals surface area contributed by atoms with Gasteiger partial charge in [0.05, 0.1) is 22.3 Å². The summed E-state index contributed by atoms with van der Waals surface area (Å²) >= 11 is 0. The Morgan fingerprint density at radius 2 is 1.68 bits per heavy atom. The number of halogens is 2. The van der Waals surface area contributed by atoms with Crippen LogP contribution in [0.1, 0.15) is 36.7 Å². The predicted molar refractivity (Wildman–Crippen MR) is 99.2 cm³/mol. The van der Waals surface area contributed by atoms with Gasteiger partial charge in [0, 0.05) is 18.0 Å². The third-order valence-electron chi connectivity index (χ3n) is 3.69. The fourth-order valence-electron chi connectivity index (χ4n) is 2.52. The summed E-state index contributed by atoms with van der Waals surface area (Å²) in [5.74, 6) is -3.11. The summed E-state index contributed by atoms with van der Waals surface area (Å²) in [6.45, 7) is 4.93. The summed E-state index contributed by atoms with van der Waals surface area (Å²) in [5.41, 5.74) is -0.945. The van der Waals surface area contributed by atoms with Crippen LogP contribution in [-0.2, 0) is 4.74 Å². The van der Waals surface area contributed by atoms with Crippen LogP contribution in [0.5, 0.6) is 0 Å². The molecular formula is C20H17F2N3O3. The highest BCUT2D eigenvalue weighted by Gasteiger charge is 2.24. The van der Waals surface area contributed by atoms with E-state index in [1.807, 2.05) is 0 Å². The molecule has 0 fully saturated rings. The number of nitrogens with zero attached hydrogens (tertiary/aromatic N) is 2. The topological polar surface area (TPSA) is 81.2 Å². The molecule has 6 nitrogen and oxygen atoms in total. The lowest BCUT2D eigenvalue weighted by molar-refractivity contribution is 0.0634. The number of anilines is 1. The number of hydrogen-bond acceptors (Lipinski definition) is 5. The van der Waals surface area contributed by atoms with Gasteiger partial charge in [0.25, 0.3) is 0 Å². The molecule has 0 saturated heterocycles. The van der Waals surface area contributed by atoms with Crippen molar-refractivity contribution in [2.24, 2.45) is 0 Å². The van der Waals surface area contributed by atoms with E-state index in [9.17, 15) is 18.4 Å². The van der Waals surface area contributed by atoms with E-state index in [-0.39, 0.29) is 11.3 Å². The second-order valence-corrected chi connectivity index (χ2v) is 7.00. The Bertz CT molecular complexity index is 1080. The van der Waals surface area contributed by atoms with Crippen LogP contribution in [0.3, 0.4) is 0 Å². The van der Waals surface area contributed by atoms with Crippen LogP contribution >= 0.6 is 0 Å². The molecular weight excluding hydrogens is 368 g/mol. The molecule has 0 aliphatic carbocycles. The van der Waals surface area contributed by atoms with E-state index in [0.29, 0.717) is 11.0 Å². The second kappa shape index (κ2) is 7.30. The van der Waals surface area contributed by atoms with E-state index in [1.54, 1.807) is 20.8 Å². The Morgan fingerprint density at radius 3 is 2.36 bits per heavy atom. The molecule has 1 N–H and O–H groups in total. The highest BCUT2D eigenvalue weighted by Crippen LogP contribution is 2.25. The average molecular weight is 385 g/mol. The molecule has 0 spiro atoms. The normalized spacial score (nSPS) is 11.3. The van der Waals surface area contributed by atoms with Crippen LogP contribution in [0.25, 0.3) is 11.0 Å². The number of carbonyl (C=O) groups excluding carboxylic acids is 2. The lowest BCUT2D eigenvalue weighted by Crippen LogP contribution is -2.27. The van der Waals surface area contributed by atoms with Gasteiger partial charge in [-0.3, -0.25) is 20.1 Å². The molecule has 0 radical (unpaired) electrons. The van der Waals surface area contributed by atoms with Crippen molar-refractivity contribution in [3.8, 4) is 0 Å². The average Bonchev–Trinajstić information content (AvgIpc) is 2.62. The lowest BCUT2D eigenvalue weighted by Gasteiger charge is -2.20. The molecule has 0 atom stereocenters. The van der Waals surface area contributed by atoms with Gasteiger partial charge in [-0.25, -0.2) is 13.6 Å². The summed E-state index contributed by atoms with van der Waals surface area (Å²) in [4.78, 5) is 32.8. The monoisotopic (exact) mass is 385 g/mol. The number of fused-ring (bicyclic) bond motifs is 1. The first kappa shape index (κ1) is 19.3. The van der Waals surface area contributed by atoms with E-state index in [2.05, 4.69) is 15.3 Å². The van der Waals surface area contributed by atoms with Gasteiger partial charge in [-0.2, -0.15) is 0 Å². The number of carbonyl (C=O) groups is 2. The number of aromatic nitrogens is 2. The zero-order valence-corrected chi connectivity index (χ0v) is 15.4. The first-order valence-electron chi connectivity index (χ1n) is 8.39. The Morgan fingerprint density at radius 1 is 1.00 bits per heavy atom. The van der Waals surface area contributed by atoms with Gasteiger partial charge in [-0.15, -0.1) is 0 Å². The number of benzene rings is 2. The van der Waals surface area contributed by atoms with Crippen molar-refractivity contribution >= 4 is 28.6 Å². The van der Waals surface area contributed by atoms with E-state index in [1.165, 1.54) is 30.6 Å². The molecule has 0 bridgehead atoms. The number of nitrogens with one attached hydrogen (secondary N) is 1. The Hall–Kier alpha value is -3.42.